The molecule has 0 aliphatic carbocycles. The highest BCUT2D eigenvalue weighted by atomic mass is 16.2. The van der Waals surface area contributed by atoms with Crippen molar-refractivity contribution in [2.75, 3.05) is 32.7 Å². The first-order valence-electron chi connectivity index (χ1n) is 24.0. The highest BCUT2D eigenvalue weighted by molar-refractivity contribution is 5.98. The smallest absolute Gasteiger partial charge is 0.243 e. The molecule has 0 saturated heterocycles. The van der Waals surface area contributed by atoms with Gasteiger partial charge in [0.1, 0.15) is 48.3 Å². The van der Waals surface area contributed by atoms with Gasteiger partial charge in [-0.1, -0.05) is 71.4 Å². The van der Waals surface area contributed by atoms with Crippen molar-refractivity contribution in [1.29, 1.82) is 0 Å². The van der Waals surface area contributed by atoms with Crippen molar-refractivity contribution >= 4 is 53.2 Å². The summed E-state index contributed by atoms with van der Waals surface area (Å²) in [7, 11) is 0. The molecule has 0 spiro atoms. The molecule has 0 aromatic heterocycles. The van der Waals surface area contributed by atoms with E-state index in [4.69, 9.17) is 34.4 Å². The van der Waals surface area contributed by atoms with Gasteiger partial charge in [0, 0.05) is 12.8 Å². The van der Waals surface area contributed by atoms with E-state index in [-0.39, 0.29) is 108 Å². The number of carbonyl (C=O) groups excluding carboxylic acids is 9. The van der Waals surface area contributed by atoms with Crippen LogP contribution in [0.25, 0.3) is 0 Å². The minimum Gasteiger partial charge on any atom is -0.368 e. The molecule has 8 atom stereocenters. The first kappa shape index (κ1) is 61.3. The lowest BCUT2D eigenvalue weighted by molar-refractivity contribution is -0.136. The zero-order valence-corrected chi connectivity index (χ0v) is 41.1. The average Bonchev–Trinajstić information content (AvgIpc) is 3.29. The molecule has 23 nitrogen and oxygen atoms in total. The topological polar surface area (TPSA) is 406 Å². The molecule has 0 saturated carbocycles. The Balaban J connectivity index is 3.40. The fourth-order valence-electron chi connectivity index (χ4n) is 7.17. The third-order valence-electron chi connectivity index (χ3n) is 10.8. The second-order valence-corrected chi connectivity index (χ2v) is 17.9. The molecule has 0 bridgehead atoms. The maximum Gasteiger partial charge on any atom is 0.243 e. The van der Waals surface area contributed by atoms with Crippen LogP contribution in [0, 0.1) is 11.8 Å². The van der Waals surface area contributed by atoms with Crippen LogP contribution >= 0.6 is 0 Å². The first-order valence-corrected chi connectivity index (χ1v) is 24.0. The van der Waals surface area contributed by atoms with Gasteiger partial charge in [0.05, 0.1) is 0 Å². The fraction of sp³-hybridized carbons (Fsp3) is 0.674. The molecule has 0 radical (unpaired) electrons. The fourth-order valence-corrected chi connectivity index (χ4v) is 7.17. The van der Waals surface area contributed by atoms with E-state index in [9.17, 15) is 43.2 Å². The lowest BCUT2D eigenvalue weighted by atomic mass is 10.00. The van der Waals surface area contributed by atoms with E-state index in [0.717, 1.165) is 6.42 Å². The Labute approximate surface area is 406 Å². The van der Waals surface area contributed by atoms with Crippen LogP contribution < -0.4 is 76.9 Å². The second-order valence-electron chi connectivity index (χ2n) is 17.9. The molecule has 0 fully saturated rings. The number of primary amides is 1. The predicted molar refractivity (Wildman–Crippen MR) is 262 cm³/mol. The number of rotatable bonds is 35. The largest absolute Gasteiger partial charge is 0.368 e. The molecule has 1 rings (SSSR count). The molecule has 0 aliphatic heterocycles. The monoisotopic (exact) mass is 975 g/mol. The summed E-state index contributed by atoms with van der Waals surface area (Å²) < 4.78 is 0. The van der Waals surface area contributed by atoms with E-state index in [1.165, 1.54) is 0 Å². The summed E-state index contributed by atoms with van der Waals surface area (Å²) in [6.07, 6.45) is 1.83. The van der Waals surface area contributed by atoms with E-state index in [2.05, 4.69) is 42.5 Å². The standard InChI is InChI=1S/C46H82N14O9/c1-6-7-13-38(61)53-30(14-19-47)40(63)54-31(15-20-48)41(64)56-34(18-23-51)44(67)59-36(25-28(4)5)45(68)60-37(26-29-11-9-8-10-12-29)46(69)57-32(16-21-49)42(65)55-33(17-22-50)43(66)58-35(39(52)62)24-27(2)3/h8-12,27-28,30-37H,6-7,13-26,47-51H2,1-5H3,(H2,52,62)(H,53,61)(H,54,63)(H,55,65)(H,56,64)(H,57,69)(H,58,66)(H,59,67)(H,60,68)/t30-,31+,32+,33+,34+,35+,36+,37-/m1/s1. The SMILES string of the molecule is CCCCC(=O)N[C@H](CCN)C(=O)N[C@@H](CCN)C(=O)N[C@@H](CCN)C(=O)N[C@@H](CC(C)C)C(=O)N[C@H](Cc1ccccc1)C(=O)N[C@@H](CCN)C(=O)N[C@@H](CCN)C(=O)N[C@@H](CC(C)C)C(N)=O. The number of amides is 9. The van der Waals surface area contributed by atoms with E-state index in [1.54, 1.807) is 30.3 Å². The molecule has 0 heterocycles. The highest BCUT2D eigenvalue weighted by Gasteiger charge is 2.35. The maximum absolute atomic E-state index is 14.2. The van der Waals surface area contributed by atoms with E-state index in [1.807, 2.05) is 34.6 Å². The number of nitrogens with two attached hydrogens (primary N) is 6. The number of nitrogens with one attached hydrogen (secondary N) is 8. The van der Waals surface area contributed by atoms with Gasteiger partial charge in [-0.25, -0.2) is 0 Å². The number of carbonyl (C=O) groups is 9. The zero-order valence-electron chi connectivity index (χ0n) is 41.1. The molecule has 23 heteroatoms. The van der Waals surface area contributed by atoms with Crippen molar-refractivity contribution in [3.8, 4) is 0 Å². The zero-order chi connectivity index (χ0) is 52.1. The van der Waals surface area contributed by atoms with E-state index >= 15 is 0 Å². The summed E-state index contributed by atoms with van der Waals surface area (Å²) in [5.41, 5.74) is 35.2. The van der Waals surface area contributed by atoms with Gasteiger partial charge in [-0.2, -0.15) is 0 Å². The molecule has 9 amide bonds. The van der Waals surface area contributed by atoms with Crippen LogP contribution in [0.15, 0.2) is 30.3 Å². The van der Waals surface area contributed by atoms with Crippen molar-refractivity contribution in [3.05, 3.63) is 35.9 Å². The summed E-state index contributed by atoms with van der Waals surface area (Å²) in [5.74, 6) is -6.45. The summed E-state index contributed by atoms with van der Waals surface area (Å²) in [4.78, 5) is 121. The van der Waals surface area contributed by atoms with Gasteiger partial charge in [0.15, 0.2) is 0 Å². The Hall–Kier alpha value is -5.75. The van der Waals surface area contributed by atoms with E-state index < -0.39 is 95.6 Å². The molecule has 0 unspecified atom stereocenters. The number of hydrogen-bond donors (Lipinski definition) is 14. The van der Waals surface area contributed by atoms with Crippen molar-refractivity contribution in [2.24, 2.45) is 46.2 Å². The van der Waals surface area contributed by atoms with Gasteiger partial charge in [-0.15, -0.1) is 0 Å². The van der Waals surface area contributed by atoms with Crippen LogP contribution in [0.5, 0.6) is 0 Å². The quantitative estimate of drug-likeness (QED) is 0.0316. The normalized spacial score (nSPS) is 14.7. The summed E-state index contributed by atoms with van der Waals surface area (Å²) in [6.45, 7) is 9.18. The average molecular weight is 975 g/mol. The molecule has 20 N–H and O–H groups in total. The Morgan fingerprint density at radius 3 is 1.09 bits per heavy atom. The number of hydrogen-bond acceptors (Lipinski definition) is 14. The number of unbranched alkanes of at least 4 members (excludes halogenated alkanes) is 1. The van der Waals surface area contributed by atoms with Crippen LogP contribution in [0.4, 0.5) is 0 Å². The molecular formula is C46H82N14O9. The van der Waals surface area contributed by atoms with Gasteiger partial charge in [0.25, 0.3) is 0 Å². The van der Waals surface area contributed by atoms with Gasteiger partial charge < -0.3 is 76.9 Å². The van der Waals surface area contributed by atoms with Crippen LogP contribution in [0.3, 0.4) is 0 Å². The van der Waals surface area contributed by atoms with Crippen molar-refractivity contribution in [2.45, 2.75) is 154 Å². The predicted octanol–water partition coefficient (Wildman–Crippen LogP) is -3.38. The Morgan fingerprint density at radius 1 is 0.435 bits per heavy atom. The van der Waals surface area contributed by atoms with Crippen molar-refractivity contribution in [1.82, 2.24) is 42.5 Å². The third kappa shape index (κ3) is 23.9. The molecule has 1 aromatic rings. The van der Waals surface area contributed by atoms with Crippen LogP contribution in [-0.4, -0.2) is 134 Å². The van der Waals surface area contributed by atoms with Crippen molar-refractivity contribution < 1.29 is 43.2 Å². The van der Waals surface area contributed by atoms with Crippen molar-refractivity contribution in [3.63, 3.8) is 0 Å². The van der Waals surface area contributed by atoms with Crippen LogP contribution in [0.1, 0.15) is 104 Å². The summed E-state index contributed by atoms with van der Waals surface area (Å²) in [5, 5.41) is 21.2. The second kappa shape index (κ2) is 33.7. The highest BCUT2D eigenvalue weighted by Crippen LogP contribution is 2.11. The van der Waals surface area contributed by atoms with Gasteiger partial charge >= 0.3 is 0 Å². The minimum absolute atomic E-state index is 0.0117. The van der Waals surface area contributed by atoms with Crippen LogP contribution in [0.2, 0.25) is 0 Å². The first-order chi connectivity index (χ1) is 32.7. The lowest BCUT2D eigenvalue weighted by Crippen LogP contribution is -2.61. The molecular weight excluding hydrogens is 893 g/mol. The Kier molecular flexibility index (Phi) is 29.9. The third-order valence-corrected chi connectivity index (χ3v) is 10.8. The molecule has 1 aromatic carbocycles. The van der Waals surface area contributed by atoms with Crippen LogP contribution in [-0.2, 0) is 49.6 Å². The minimum atomic E-state index is -1.31. The Bertz CT molecular complexity index is 1790. The van der Waals surface area contributed by atoms with Gasteiger partial charge in [-0.3, -0.25) is 43.2 Å². The molecule has 69 heavy (non-hydrogen) atoms. The molecule has 0 aliphatic rings. The lowest BCUT2D eigenvalue weighted by Gasteiger charge is -2.28. The molecule has 390 valence electrons. The van der Waals surface area contributed by atoms with E-state index in [0.29, 0.717) is 12.0 Å². The maximum atomic E-state index is 14.2. The van der Waals surface area contributed by atoms with Gasteiger partial charge in [-0.05, 0) is 101 Å². The summed E-state index contributed by atoms with van der Waals surface area (Å²) >= 11 is 0. The number of benzene rings is 1. The summed E-state index contributed by atoms with van der Waals surface area (Å²) in [6, 6.07) is -0.833. The van der Waals surface area contributed by atoms with Gasteiger partial charge in [0.2, 0.25) is 53.2 Å². The Morgan fingerprint density at radius 2 is 0.739 bits per heavy atom.